The summed E-state index contributed by atoms with van der Waals surface area (Å²) in [4.78, 5) is 4.61. The van der Waals surface area contributed by atoms with Gasteiger partial charge in [0.15, 0.2) is 24.3 Å². The molecule has 2 aromatic carbocycles. The molecule has 8 heteroatoms. The van der Waals surface area contributed by atoms with E-state index >= 15 is 0 Å². The van der Waals surface area contributed by atoms with Crippen LogP contribution in [0.4, 0.5) is 10.1 Å². The van der Waals surface area contributed by atoms with Gasteiger partial charge in [-0.3, -0.25) is 4.99 Å². The highest BCUT2D eigenvalue weighted by Gasteiger charge is 2.16. The number of hydrogen-bond acceptors (Lipinski definition) is 5. The number of nitrogens with zero attached hydrogens (tertiary/aromatic N) is 1. The van der Waals surface area contributed by atoms with E-state index in [4.69, 9.17) is 18.9 Å². The topological polar surface area (TPSA) is 73.3 Å². The molecule has 1 aliphatic rings. The summed E-state index contributed by atoms with van der Waals surface area (Å²) in [6, 6.07) is 8.56. The van der Waals surface area contributed by atoms with Crippen molar-refractivity contribution in [3.05, 3.63) is 47.3 Å². The Balaban J connectivity index is 1.70. The molecule has 0 amide bonds. The third kappa shape index (κ3) is 5.54. The first-order chi connectivity index (χ1) is 14.6. The first kappa shape index (κ1) is 21.7. The van der Waals surface area contributed by atoms with Gasteiger partial charge >= 0.3 is 0 Å². The standard InChI is InChI=1S/C22H28FN3O4/c1-4-24-22(26-18-6-7-19(29-5-2)20(12-18)27-3)25-9-8-15-10-17(23)11-16-13-28-14-30-21(15)16/h6-7,10-12H,4-5,8-9,13-14H2,1-3H3,(H2,24,25,26). The predicted molar refractivity (Wildman–Crippen MR) is 114 cm³/mol. The van der Waals surface area contributed by atoms with Gasteiger partial charge in [-0.05, 0) is 50.1 Å². The number of nitrogens with one attached hydrogen (secondary N) is 2. The zero-order chi connectivity index (χ0) is 21.3. The third-order valence-electron chi connectivity index (χ3n) is 4.47. The summed E-state index contributed by atoms with van der Waals surface area (Å²) in [5, 5.41) is 6.47. The summed E-state index contributed by atoms with van der Waals surface area (Å²) in [6.45, 7) is 6.18. The van der Waals surface area contributed by atoms with Gasteiger partial charge < -0.3 is 29.6 Å². The lowest BCUT2D eigenvalue weighted by atomic mass is 10.1. The van der Waals surface area contributed by atoms with Crippen molar-refractivity contribution in [3.63, 3.8) is 0 Å². The molecule has 7 nitrogen and oxygen atoms in total. The van der Waals surface area contributed by atoms with E-state index in [1.165, 1.54) is 12.1 Å². The molecule has 0 unspecified atom stereocenters. The second kappa shape index (κ2) is 10.7. The van der Waals surface area contributed by atoms with Gasteiger partial charge in [-0.2, -0.15) is 0 Å². The van der Waals surface area contributed by atoms with Crippen LogP contribution < -0.4 is 24.8 Å². The minimum atomic E-state index is -0.298. The maximum absolute atomic E-state index is 13.9. The number of methoxy groups -OCH3 is 1. The van der Waals surface area contributed by atoms with E-state index in [-0.39, 0.29) is 12.6 Å². The number of ether oxygens (including phenoxy) is 4. The van der Waals surface area contributed by atoms with Crippen LogP contribution in [0.15, 0.2) is 35.3 Å². The molecule has 1 heterocycles. The average Bonchev–Trinajstić information content (AvgIpc) is 2.75. The van der Waals surface area contributed by atoms with Gasteiger partial charge in [0.05, 0.1) is 20.3 Å². The maximum atomic E-state index is 13.9. The fourth-order valence-corrected chi connectivity index (χ4v) is 3.19. The van der Waals surface area contributed by atoms with Crippen molar-refractivity contribution in [2.24, 2.45) is 4.99 Å². The summed E-state index contributed by atoms with van der Waals surface area (Å²) in [5.74, 6) is 2.36. The Morgan fingerprint density at radius 3 is 2.83 bits per heavy atom. The normalized spacial score (nSPS) is 13.3. The lowest BCUT2D eigenvalue weighted by Crippen LogP contribution is -2.31. The first-order valence-corrected chi connectivity index (χ1v) is 10.0. The van der Waals surface area contributed by atoms with Crippen LogP contribution in [0.3, 0.4) is 0 Å². The highest BCUT2D eigenvalue weighted by molar-refractivity contribution is 5.93. The molecule has 2 N–H and O–H groups in total. The summed E-state index contributed by atoms with van der Waals surface area (Å²) < 4.78 is 35.7. The van der Waals surface area contributed by atoms with Crippen molar-refractivity contribution in [1.29, 1.82) is 0 Å². The Morgan fingerprint density at radius 2 is 2.07 bits per heavy atom. The Labute approximate surface area is 176 Å². The van der Waals surface area contributed by atoms with Crippen LogP contribution in [0, 0.1) is 5.82 Å². The highest BCUT2D eigenvalue weighted by atomic mass is 19.1. The molecule has 2 aromatic rings. The zero-order valence-electron chi connectivity index (χ0n) is 17.6. The molecule has 3 rings (SSSR count). The molecule has 0 aromatic heterocycles. The molecule has 0 bridgehead atoms. The van der Waals surface area contributed by atoms with Gasteiger partial charge in [0, 0.05) is 30.4 Å². The van der Waals surface area contributed by atoms with Gasteiger partial charge in [0.2, 0.25) is 0 Å². The zero-order valence-corrected chi connectivity index (χ0v) is 17.6. The van der Waals surface area contributed by atoms with Gasteiger partial charge in [0.25, 0.3) is 0 Å². The van der Waals surface area contributed by atoms with Gasteiger partial charge in [-0.25, -0.2) is 4.39 Å². The van der Waals surface area contributed by atoms with Crippen molar-refractivity contribution in [2.75, 3.05) is 38.9 Å². The summed E-state index contributed by atoms with van der Waals surface area (Å²) in [7, 11) is 1.60. The number of anilines is 1. The number of fused-ring (bicyclic) bond motifs is 1. The monoisotopic (exact) mass is 417 g/mol. The minimum Gasteiger partial charge on any atom is -0.493 e. The second-order valence-corrected chi connectivity index (χ2v) is 6.60. The van der Waals surface area contributed by atoms with E-state index in [1.807, 2.05) is 32.0 Å². The number of hydrogen-bond donors (Lipinski definition) is 2. The first-order valence-electron chi connectivity index (χ1n) is 10.0. The van der Waals surface area contributed by atoms with Crippen molar-refractivity contribution in [2.45, 2.75) is 26.9 Å². The minimum absolute atomic E-state index is 0.179. The number of halogens is 1. The molecule has 0 atom stereocenters. The van der Waals surface area contributed by atoms with Crippen molar-refractivity contribution >= 4 is 11.6 Å². The molecule has 0 aliphatic carbocycles. The largest absolute Gasteiger partial charge is 0.493 e. The fourth-order valence-electron chi connectivity index (χ4n) is 3.19. The Hall–Kier alpha value is -3.00. The average molecular weight is 417 g/mol. The van der Waals surface area contributed by atoms with Crippen LogP contribution in [0.2, 0.25) is 0 Å². The molecule has 0 fully saturated rings. The van der Waals surface area contributed by atoms with Crippen molar-refractivity contribution in [3.8, 4) is 17.2 Å². The second-order valence-electron chi connectivity index (χ2n) is 6.60. The molecule has 162 valence electrons. The third-order valence-corrected chi connectivity index (χ3v) is 4.47. The van der Waals surface area contributed by atoms with Gasteiger partial charge in [-0.15, -0.1) is 0 Å². The van der Waals surface area contributed by atoms with Gasteiger partial charge in [-0.1, -0.05) is 0 Å². The molecule has 0 spiro atoms. The maximum Gasteiger partial charge on any atom is 0.195 e. The van der Waals surface area contributed by atoms with Crippen LogP contribution in [0.1, 0.15) is 25.0 Å². The van der Waals surface area contributed by atoms with Crippen LogP contribution in [0.25, 0.3) is 0 Å². The molecular formula is C22H28FN3O4. The number of guanidine groups is 1. The lowest BCUT2D eigenvalue weighted by Gasteiger charge is -2.20. The molecule has 1 aliphatic heterocycles. The van der Waals surface area contributed by atoms with E-state index in [1.54, 1.807) is 7.11 Å². The van der Waals surface area contributed by atoms with Crippen LogP contribution in [0.5, 0.6) is 17.2 Å². The molecule has 0 radical (unpaired) electrons. The lowest BCUT2D eigenvalue weighted by molar-refractivity contribution is -0.0172. The Morgan fingerprint density at radius 1 is 1.20 bits per heavy atom. The van der Waals surface area contributed by atoms with Crippen molar-refractivity contribution < 1.29 is 23.3 Å². The molecule has 30 heavy (non-hydrogen) atoms. The number of benzene rings is 2. The predicted octanol–water partition coefficient (Wildman–Crippen LogP) is 3.72. The quantitative estimate of drug-likeness (QED) is 0.504. The smallest absolute Gasteiger partial charge is 0.195 e. The molecular weight excluding hydrogens is 389 g/mol. The van der Waals surface area contributed by atoms with E-state index < -0.39 is 0 Å². The van der Waals surface area contributed by atoms with E-state index in [0.717, 1.165) is 16.8 Å². The summed E-state index contributed by atoms with van der Waals surface area (Å²) in [6.07, 6.45) is 0.545. The fraction of sp³-hybridized carbons (Fsp3) is 0.409. The number of aliphatic imine (C=N–C) groups is 1. The Kier molecular flexibility index (Phi) is 7.73. The van der Waals surface area contributed by atoms with E-state index in [2.05, 4.69) is 15.6 Å². The van der Waals surface area contributed by atoms with Gasteiger partial charge in [0.1, 0.15) is 11.6 Å². The van der Waals surface area contributed by atoms with Crippen LogP contribution in [-0.2, 0) is 17.8 Å². The Bertz CT molecular complexity index is 889. The van der Waals surface area contributed by atoms with E-state index in [9.17, 15) is 4.39 Å². The molecule has 0 saturated heterocycles. The highest BCUT2D eigenvalue weighted by Crippen LogP contribution is 2.31. The van der Waals surface area contributed by atoms with Crippen molar-refractivity contribution in [1.82, 2.24) is 5.32 Å². The van der Waals surface area contributed by atoms with E-state index in [0.29, 0.717) is 55.9 Å². The van der Waals surface area contributed by atoms with Crippen LogP contribution in [-0.4, -0.2) is 39.6 Å². The van der Waals surface area contributed by atoms with Crippen LogP contribution >= 0.6 is 0 Å². The summed E-state index contributed by atoms with van der Waals surface area (Å²) >= 11 is 0. The SMILES string of the molecule is CCNC(=NCCc1cc(F)cc2c1OCOC2)Nc1ccc(OCC)c(OC)c1. The summed E-state index contributed by atoms with van der Waals surface area (Å²) in [5.41, 5.74) is 2.33. The molecule has 0 saturated carbocycles. The number of rotatable bonds is 8.